The highest BCUT2D eigenvalue weighted by Gasteiger charge is 2.20. The molecule has 0 amide bonds. The average molecular weight is 289 g/mol. The van der Waals surface area contributed by atoms with E-state index in [1.165, 1.54) is 5.56 Å². The number of aromatic nitrogens is 2. The number of nitrogens with zero attached hydrogens (tertiary/aromatic N) is 2. The first-order chi connectivity index (χ1) is 9.87. The summed E-state index contributed by atoms with van der Waals surface area (Å²) in [5.41, 5.74) is 2.64. The summed E-state index contributed by atoms with van der Waals surface area (Å²) >= 11 is 0. The number of hydrogen-bond donors (Lipinski definition) is 2. The summed E-state index contributed by atoms with van der Waals surface area (Å²) < 4.78 is 2.10. The Kier molecular flexibility index (Phi) is 5.01. The van der Waals surface area contributed by atoms with Crippen molar-refractivity contribution in [3.63, 3.8) is 0 Å². The summed E-state index contributed by atoms with van der Waals surface area (Å²) in [5.74, 6) is 0.623. The lowest BCUT2D eigenvalue weighted by molar-refractivity contribution is 0.0450. The Balaban J connectivity index is 1.91. The molecule has 0 aliphatic carbocycles. The first-order valence-corrected chi connectivity index (χ1v) is 7.73. The van der Waals surface area contributed by atoms with Gasteiger partial charge in [-0.05, 0) is 44.2 Å². The Morgan fingerprint density at radius 2 is 2.14 bits per heavy atom. The van der Waals surface area contributed by atoms with E-state index in [1.807, 2.05) is 19.2 Å². The Morgan fingerprint density at radius 1 is 1.38 bits per heavy atom. The van der Waals surface area contributed by atoms with Crippen LogP contribution in [0.1, 0.15) is 44.9 Å². The Morgan fingerprint density at radius 3 is 2.86 bits per heavy atom. The molecule has 0 aliphatic rings. The third-order valence-electron chi connectivity index (χ3n) is 3.80. The van der Waals surface area contributed by atoms with Crippen molar-refractivity contribution >= 4 is 5.65 Å². The smallest absolute Gasteiger partial charge is 0.136 e. The normalized spacial score (nSPS) is 14.8. The number of aliphatic hydroxyl groups is 1. The Labute approximate surface area is 127 Å². The highest BCUT2D eigenvalue weighted by Crippen LogP contribution is 2.16. The molecule has 21 heavy (non-hydrogen) atoms. The lowest BCUT2D eigenvalue weighted by Gasteiger charge is -2.24. The molecule has 4 nitrogen and oxygen atoms in total. The van der Waals surface area contributed by atoms with Crippen molar-refractivity contribution in [2.24, 2.45) is 5.92 Å². The highest BCUT2D eigenvalue weighted by molar-refractivity contribution is 5.41. The zero-order valence-corrected chi connectivity index (χ0v) is 13.6. The van der Waals surface area contributed by atoms with Crippen LogP contribution < -0.4 is 5.32 Å². The Hall–Kier alpha value is -1.39. The first-order valence-electron chi connectivity index (χ1n) is 7.73. The fourth-order valence-corrected chi connectivity index (χ4v) is 2.42. The molecule has 1 unspecified atom stereocenters. The van der Waals surface area contributed by atoms with Gasteiger partial charge in [0, 0.05) is 19.3 Å². The van der Waals surface area contributed by atoms with Gasteiger partial charge in [-0.15, -0.1) is 0 Å². The minimum atomic E-state index is -0.652. The number of rotatable bonds is 7. The molecule has 0 aromatic carbocycles. The molecule has 4 heteroatoms. The van der Waals surface area contributed by atoms with E-state index in [0.717, 1.165) is 24.2 Å². The van der Waals surface area contributed by atoms with E-state index in [4.69, 9.17) is 0 Å². The van der Waals surface area contributed by atoms with E-state index in [-0.39, 0.29) is 0 Å². The van der Waals surface area contributed by atoms with Crippen molar-refractivity contribution < 1.29 is 5.11 Å². The van der Waals surface area contributed by atoms with Gasteiger partial charge >= 0.3 is 0 Å². The maximum absolute atomic E-state index is 10.4. The van der Waals surface area contributed by atoms with Crippen LogP contribution in [-0.2, 0) is 6.54 Å². The van der Waals surface area contributed by atoms with Crippen LogP contribution in [0.3, 0.4) is 0 Å². The van der Waals surface area contributed by atoms with Gasteiger partial charge in [-0.1, -0.05) is 19.9 Å². The number of pyridine rings is 1. The van der Waals surface area contributed by atoms with Gasteiger partial charge in [0.25, 0.3) is 0 Å². The maximum atomic E-state index is 10.4. The van der Waals surface area contributed by atoms with Crippen LogP contribution in [-0.4, -0.2) is 26.6 Å². The number of nitrogens with one attached hydrogen (secondary N) is 1. The van der Waals surface area contributed by atoms with Crippen LogP contribution in [0.2, 0.25) is 0 Å². The van der Waals surface area contributed by atoms with Crippen LogP contribution in [0.25, 0.3) is 5.65 Å². The summed E-state index contributed by atoms with van der Waals surface area (Å²) in [6, 6.07) is 4.09. The molecule has 0 saturated carbocycles. The molecule has 2 aromatic rings. The Bertz CT molecular complexity index is 587. The van der Waals surface area contributed by atoms with Gasteiger partial charge in [0.15, 0.2) is 0 Å². The third kappa shape index (κ3) is 4.55. The summed E-state index contributed by atoms with van der Waals surface area (Å²) in [6.45, 7) is 9.66. The first kappa shape index (κ1) is 16.0. The average Bonchev–Trinajstić information content (AvgIpc) is 2.79. The molecule has 0 spiro atoms. The lowest BCUT2D eigenvalue weighted by Crippen LogP contribution is -2.37. The van der Waals surface area contributed by atoms with Crippen molar-refractivity contribution in [2.75, 3.05) is 6.54 Å². The second-order valence-electron chi connectivity index (χ2n) is 6.72. The largest absolute Gasteiger partial charge is 0.389 e. The van der Waals surface area contributed by atoms with Crippen molar-refractivity contribution in [1.29, 1.82) is 0 Å². The van der Waals surface area contributed by atoms with Crippen LogP contribution in [0.4, 0.5) is 0 Å². The monoisotopic (exact) mass is 289 g/mol. The van der Waals surface area contributed by atoms with E-state index in [1.54, 1.807) is 0 Å². The molecule has 0 aliphatic heterocycles. The minimum absolute atomic E-state index is 0.596. The minimum Gasteiger partial charge on any atom is -0.389 e. The van der Waals surface area contributed by atoms with E-state index >= 15 is 0 Å². The highest BCUT2D eigenvalue weighted by atomic mass is 16.3. The summed E-state index contributed by atoms with van der Waals surface area (Å²) in [7, 11) is 0. The van der Waals surface area contributed by atoms with Crippen molar-refractivity contribution in [3.05, 3.63) is 35.8 Å². The number of imidazole rings is 1. The van der Waals surface area contributed by atoms with Crippen molar-refractivity contribution in [3.8, 4) is 0 Å². The van der Waals surface area contributed by atoms with Gasteiger partial charge in [-0.25, -0.2) is 4.98 Å². The van der Waals surface area contributed by atoms with E-state index in [2.05, 4.69) is 47.7 Å². The fraction of sp³-hybridized carbons (Fsp3) is 0.588. The molecule has 2 aromatic heterocycles. The van der Waals surface area contributed by atoms with Crippen molar-refractivity contribution in [2.45, 2.75) is 52.7 Å². The molecule has 0 radical (unpaired) electrons. The lowest BCUT2D eigenvalue weighted by atomic mass is 9.95. The van der Waals surface area contributed by atoms with Gasteiger partial charge in [0.05, 0.1) is 17.5 Å². The summed E-state index contributed by atoms with van der Waals surface area (Å²) in [6.07, 6.45) is 5.86. The zero-order valence-electron chi connectivity index (χ0n) is 13.6. The topological polar surface area (TPSA) is 49.6 Å². The molecular formula is C17H27N3O. The molecule has 0 saturated heterocycles. The van der Waals surface area contributed by atoms with E-state index in [9.17, 15) is 5.11 Å². The number of aryl methyl sites for hydroxylation is 1. The van der Waals surface area contributed by atoms with Gasteiger partial charge < -0.3 is 14.8 Å². The predicted octanol–water partition coefficient (Wildman–Crippen LogP) is 2.92. The number of fused-ring (bicyclic) bond motifs is 1. The van der Waals surface area contributed by atoms with Gasteiger partial charge in [-0.2, -0.15) is 0 Å². The van der Waals surface area contributed by atoms with E-state index < -0.39 is 5.60 Å². The molecule has 116 valence electrons. The van der Waals surface area contributed by atoms with Gasteiger partial charge in [0.1, 0.15) is 5.65 Å². The number of hydrogen-bond acceptors (Lipinski definition) is 3. The molecule has 2 rings (SSSR count). The molecular weight excluding hydrogens is 262 g/mol. The summed E-state index contributed by atoms with van der Waals surface area (Å²) in [5, 5.41) is 13.7. The third-order valence-corrected chi connectivity index (χ3v) is 3.80. The van der Waals surface area contributed by atoms with Crippen LogP contribution in [0, 0.1) is 12.8 Å². The fourth-order valence-electron chi connectivity index (χ4n) is 2.42. The van der Waals surface area contributed by atoms with E-state index in [0.29, 0.717) is 19.0 Å². The SMILES string of the molecule is Cc1ccc2ncc(CNCC(C)(O)CCC(C)C)n2c1. The van der Waals surface area contributed by atoms with Crippen LogP contribution >= 0.6 is 0 Å². The molecule has 2 heterocycles. The van der Waals surface area contributed by atoms with Crippen LogP contribution in [0.15, 0.2) is 24.5 Å². The predicted molar refractivity (Wildman–Crippen MR) is 86.3 cm³/mol. The molecule has 0 bridgehead atoms. The molecule has 1 atom stereocenters. The molecule has 2 N–H and O–H groups in total. The summed E-state index contributed by atoms with van der Waals surface area (Å²) in [4.78, 5) is 4.39. The van der Waals surface area contributed by atoms with Crippen LogP contribution in [0.5, 0.6) is 0 Å². The van der Waals surface area contributed by atoms with Gasteiger partial charge in [-0.3, -0.25) is 0 Å². The second-order valence-corrected chi connectivity index (χ2v) is 6.72. The quantitative estimate of drug-likeness (QED) is 0.824. The second kappa shape index (κ2) is 6.58. The maximum Gasteiger partial charge on any atom is 0.136 e. The molecule has 0 fully saturated rings. The zero-order chi connectivity index (χ0) is 15.5. The van der Waals surface area contributed by atoms with Crippen molar-refractivity contribution in [1.82, 2.24) is 14.7 Å². The standard InChI is InChI=1S/C17H27N3O/c1-13(2)7-8-17(4,21)12-18-9-15-10-19-16-6-5-14(3)11-20(15)16/h5-6,10-11,13,18,21H,7-9,12H2,1-4H3. The van der Waals surface area contributed by atoms with Gasteiger partial charge in [0.2, 0.25) is 0 Å².